The van der Waals surface area contributed by atoms with E-state index in [1.165, 1.54) is 0 Å². The first-order valence-corrected chi connectivity index (χ1v) is 6.64. The van der Waals surface area contributed by atoms with Gasteiger partial charge in [0.15, 0.2) is 0 Å². The summed E-state index contributed by atoms with van der Waals surface area (Å²) in [7, 11) is 0. The molecule has 3 unspecified atom stereocenters. The molecule has 2 aliphatic heterocycles. The van der Waals surface area contributed by atoms with Crippen LogP contribution in [0.1, 0.15) is 26.2 Å². The van der Waals surface area contributed by atoms with E-state index < -0.39 is 0 Å². The van der Waals surface area contributed by atoms with E-state index in [1.807, 2.05) is 4.90 Å². The summed E-state index contributed by atoms with van der Waals surface area (Å²) >= 11 is 3.64. The van der Waals surface area contributed by atoms with Gasteiger partial charge in [0.1, 0.15) is 6.10 Å². The molecule has 0 aromatic heterocycles. The first kappa shape index (κ1) is 11.4. The molecular weight excluding hydrogens is 258 g/mol. The topological polar surface area (TPSA) is 29.5 Å². The van der Waals surface area contributed by atoms with Crippen molar-refractivity contribution >= 4 is 21.8 Å². The van der Waals surface area contributed by atoms with Crippen molar-refractivity contribution in [2.75, 3.05) is 19.7 Å². The van der Waals surface area contributed by atoms with E-state index >= 15 is 0 Å². The fourth-order valence-corrected chi connectivity index (χ4v) is 2.67. The fraction of sp³-hybridized carbons (Fsp3) is 0.909. The maximum absolute atomic E-state index is 12.0. The second-order valence-corrected chi connectivity index (χ2v) is 5.74. The summed E-state index contributed by atoms with van der Waals surface area (Å²) < 4.78 is 5.43. The third kappa shape index (κ3) is 2.53. The highest BCUT2D eigenvalue weighted by atomic mass is 79.9. The van der Waals surface area contributed by atoms with Gasteiger partial charge in [0, 0.05) is 24.5 Å². The third-order valence-electron chi connectivity index (χ3n) is 3.32. The van der Waals surface area contributed by atoms with Crippen molar-refractivity contribution in [2.45, 2.75) is 37.1 Å². The molecule has 3 nitrogen and oxygen atoms in total. The Labute approximate surface area is 99.3 Å². The Balaban J connectivity index is 1.90. The number of alkyl halides is 1. The van der Waals surface area contributed by atoms with Gasteiger partial charge in [-0.3, -0.25) is 4.79 Å². The quantitative estimate of drug-likeness (QED) is 0.683. The van der Waals surface area contributed by atoms with Crippen LogP contribution in [-0.4, -0.2) is 41.4 Å². The molecule has 0 aliphatic carbocycles. The van der Waals surface area contributed by atoms with Crippen molar-refractivity contribution in [3.63, 3.8) is 0 Å². The normalized spacial score (nSPS) is 36.9. The summed E-state index contributed by atoms with van der Waals surface area (Å²) in [6, 6.07) is 0. The van der Waals surface area contributed by atoms with Gasteiger partial charge in [-0.1, -0.05) is 22.9 Å². The van der Waals surface area contributed by atoms with E-state index in [9.17, 15) is 4.79 Å². The molecular formula is C11H18BrNO2. The Hall–Kier alpha value is -0.0900. The highest BCUT2D eigenvalue weighted by Gasteiger charge is 2.32. The van der Waals surface area contributed by atoms with Crippen LogP contribution >= 0.6 is 15.9 Å². The van der Waals surface area contributed by atoms with E-state index in [2.05, 4.69) is 22.9 Å². The first-order valence-electron chi connectivity index (χ1n) is 5.73. The number of rotatable bonds is 1. The lowest BCUT2D eigenvalue weighted by molar-refractivity contribution is -0.142. The van der Waals surface area contributed by atoms with Crippen molar-refractivity contribution in [1.82, 2.24) is 4.90 Å². The maximum atomic E-state index is 12.0. The summed E-state index contributed by atoms with van der Waals surface area (Å²) in [6.45, 7) is 4.68. The zero-order chi connectivity index (χ0) is 10.8. The van der Waals surface area contributed by atoms with Crippen LogP contribution in [0.5, 0.6) is 0 Å². The van der Waals surface area contributed by atoms with Crippen LogP contribution in [-0.2, 0) is 9.53 Å². The molecule has 0 aromatic rings. The Bertz CT molecular complexity index is 241. The molecule has 0 spiro atoms. The maximum Gasteiger partial charge on any atom is 0.251 e. The second kappa shape index (κ2) is 4.83. The summed E-state index contributed by atoms with van der Waals surface area (Å²) in [5.74, 6) is 0.753. The lowest BCUT2D eigenvalue weighted by Crippen LogP contribution is -2.47. The molecule has 0 bridgehead atoms. The molecule has 2 saturated heterocycles. The van der Waals surface area contributed by atoms with E-state index in [4.69, 9.17) is 4.74 Å². The number of amides is 1. The van der Waals surface area contributed by atoms with Crippen molar-refractivity contribution in [3.05, 3.63) is 0 Å². The predicted octanol–water partition coefficient (Wildman–Crippen LogP) is 1.80. The minimum atomic E-state index is -0.149. The average molecular weight is 276 g/mol. The lowest BCUT2D eigenvalue weighted by Gasteiger charge is -2.35. The van der Waals surface area contributed by atoms with Crippen LogP contribution < -0.4 is 0 Å². The summed E-state index contributed by atoms with van der Waals surface area (Å²) in [5, 5.41) is 0. The molecule has 15 heavy (non-hydrogen) atoms. The van der Waals surface area contributed by atoms with E-state index in [1.54, 1.807) is 0 Å². The molecule has 3 atom stereocenters. The molecule has 2 heterocycles. The highest BCUT2D eigenvalue weighted by molar-refractivity contribution is 9.09. The van der Waals surface area contributed by atoms with Gasteiger partial charge in [-0.05, 0) is 25.2 Å². The van der Waals surface area contributed by atoms with E-state index in [-0.39, 0.29) is 12.0 Å². The largest absolute Gasteiger partial charge is 0.368 e. The minimum Gasteiger partial charge on any atom is -0.368 e. The van der Waals surface area contributed by atoms with Crippen molar-refractivity contribution in [3.8, 4) is 0 Å². The standard InChI is InChI=1S/C11H18BrNO2/c1-8-7-13(5-4-9(8)12)11(14)10-3-2-6-15-10/h8-10H,2-7H2,1H3. The number of piperidine rings is 1. The molecule has 86 valence electrons. The van der Waals surface area contributed by atoms with E-state index in [0.717, 1.165) is 39.0 Å². The van der Waals surface area contributed by atoms with Gasteiger partial charge >= 0.3 is 0 Å². The number of hydrogen-bond acceptors (Lipinski definition) is 2. The zero-order valence-electron chi connectivity index (χ0n) is 9.12. The Morgan fingerprint density at radius 1 is 1.47 bits per heavy atom. The first-order chi connectivity index (χ1) is 7.18. The van der Waals surface area contributed by atoms with Gasteiger partial charge in [0.05, 0.1) is 0 Å². The van der Waals surface area contributed by atoms with Gasteiger partial charge in [-0.25, -0.2) is 0 Å². The number of carbonyl (C=O) groups excluding carboxylic acids is 1. The summed E-state index contributed by atoms with van der Waals surface area (Å²) in [6.07, 6.45) is 2.84. The number of halogens is 1. The van der Waals surface area contributed by atoms with Crippen LogP contribution in [0.2, 0.25) is 0 Å². The average Bonchev–Trinajstić information content (AvgIpc) is 2.74. The van der Waals surface area contributed by atoms with Crippen molar-refractivity contribution in [1.29, 1.82) is 0 Å². The van der Waals surface area contributed by atoms with Crippen molar-refractivity contribution in [2.24, 2.45) is 5.92 Å². The van der Waals surface area contributed by atoms with Crippen LogP contribution in [0.4, 0.5) is 0 Å². The van der Waals surface area contributed by atoms with Crippen LogP contribution in [0, 0.1) is 5.92 Å². The van der Waals surface area contributed by atoms with Gasteiger partial charge in [0.2, 0.25) is 0 Å². The highest BCUT2D eigenvalue weighted by Crippen LogP contribution is 2.25. The molecule has 0 aromatic carbocycles. The number of carbonyl (C=O) groups is 1. The smallest absolute Gasteiger partial charge is 0.251 e. The number of likely N-dealkylation sites (tertiary alicyclic amines) is 1. The minimum absolute atomic E-state index is 0.149. The van der Waals surface area contributed by atoms with Gasteiger partial charge in [0.25, 0.3) is 5.91 Å². The monoisotopic (exact) mass is 275 g/mol. The molecule has 2 rings (SSSR count). The lowest BCUT2D eigenvalue weighted by atomic mass is 9.99. The Morgan fingerprint density at radius 2 is 2.27 bits per heavy atom. The van der Waals surface area contributed by atoms with Crippen LogP contribution in [0.25, 0.3) is 0 Å². The molecule has 4 heteroatoms. The second-order valence-electron chi connectivity index (χ2n) is 4.57. The van der Waals surface area contributed by atoms with Gasteiger partial charge in [-0.2, -0.15) is 0 Å². The predicted molar refractivity (Wildman–Crippen MR) is 62.1 cm³/mol. The number of nitrogens with zero attached hydrogens (tertiary/aromatic N) is 1. The number of ether oxygens (including phenoxy) is 1. The summed E-state index contributed by atoms with van der Waals surface area (Å²) in [5.41, 5.74) is 0. The zero-order valence-corrected chi connectivity index (χ0v) is 10.7. The molecule has 0 radical (unpaired) electrons. The van der Waals surface area contributed by atoms with Gasteiger partial charge in [-0.15, -0.1) is 0 Å². The summed E-state index contributed by atoms with van der Waals surface area (Å²) in [4.78, 5) is 14.6. The molecule has 0 saturated carbocycles. The Kier molecular flexibility index (Phi) is 3.67. The molecule has 2 aliphatic rings. The number of hydrogen-bond donors (Lipinski definition) is 0. The molecule has 2 fully saturated rings. The fourth-order valence-electron chi connectivity index (χ4n) is 2.29. The van der Waals surface area contributed by atoms with Crippen molar-refractivity contribution < 1.29 is 9.53 Å². The molecule has 1 amide bonds. The van der Waals surface area contributed by atoms with Crippen LogP contribution in [0.3, 0.4) is 0 Å². The molecule has 0 N–H and O–H groups in total. The van der Waals surface area contributed by atoms with Gasteiger partial charge < -0.3 is 9.64 Å². The third-order valence-corrected chi connectivity index (χ3v) is 4.68. The SMILES string of the molecule is CC1CN(C(=O)C2CCCO2)CCC1Br. The van der Waals surface area contributed by atoms with Crippen LogP contribution in [0.15, 0.2) is 0 Å². The Morgan fingerprint density at radius 3 is 2.87 bits per heavy atom. The van der Waals surface area contributed by atoms with E-state index in [0.29, 0.717) is 10.7 Å².